The minimum Gasteiger partial charge on any atom is -0.384 e. The molecule has 0 heterocycles. The lowest BCUT2D eigenvalue weighted by molar-refractivity contribution is 0.125. The van der Waals surface area contributed by atoms with Gasteiger partial charge in [-0.25, -0.2) is 4.39 Å². The Morgan fingerprint density at radius 2 is 2.15 bits per heavy atom. The molecule has 0 fully saturated rings. The molecule has 0 saturated carbocycles. The highest BCUT2D eigenvalue weighted by molar-refractivity contribution is 5.38. The fourth-order valence-electron chi connectivity index (χ4n) is 1.86. The normalized spacial score (nSPS) is 10.8. The smallest absolute Gasteiger partial charge is 0.138 e. The molecule has 0 aliphatic heterocycles. The van der Waals surface area contributed by atoms with Crippen molar-refractivity contribution in [1.29, 1.82) is 0 Å². The molecule has 1 aromatic rings. The average molecular weight is 279 g/mol. The van der Waals surface area contributed by atoms with Crippen molar-refractivity contribution in [3.8, 4) is 11.8 Å². The third-order valence-electron chi connectivity index (χ3n) is 3.03. The van der Waals surface area contributed by atoms with Crippen molar-refractivity contribution in [2.45, 2.75) is 26.4 Å². The Morgan fingerprint density at radius 3 is 2.75 bits per heavy atom. The summed E-state index contributed by atoms with van der Waals surface area (Å²) in [5, 5.41) is 8.68. The summed E-state index contributed by atoms with van der Waals surface area (Å²) in [6.45, 7) is 6.17. The molecule has 3 nitrogen and oxygen atoms in total. The molecule has 0 unspecified atom stereocenters. The number of hydrogen-bond acceptors (Lipinski definition) is 3. The number of aliphatic hydroxyl groups is 1. The van der Waals surface area contributed by atoms with E-state index in [4.69, 9.17) is 9.84 Å². The van der Waals surface area contributed by atoms with Crippen LogP contribution in [-0.2, 0) is 11.3 Å². The minimum atomic E-state index is -0.359. The fourth-order valence-corrected chi connectivity index (χ4v) is 1.86. The van der Waals surface area contributed by atoms with E-state index in [1.54, 1.807) is 19.2 Å². The van der Waals surface area contributed by atoms with Gasteiger partial charge >= 0.3 is 0 Å². The molecule has 1 rings (SSSR count). The summed E-state index contributed by atoms with van der Waals surface area (Å²) in [6, 6.07) is 5.30. The van der Waals surface area contributed by atoms with Crippen LogP contribution in [0.1, 0.15) is 25.0 Å². The Bertz CT molecular complexity index is 477. The maximum atomic E-state index is 13.6. The Morgan fingerprint density at radius 1 is 1.40 bits per heavy atom. The van der Waals surface area contributed by atoms with E-state index >= 15 is 0 Å². The van der Waals surface area contributed by atoms with Gasteiger partial charge in [-0.05, 0) is 31.5 Å². The molecule has 1 aromatic carbocycles. The summed E-state index contributed by atoms with van der Waals surface area (Å²) in [6.07, 6.45) is 0. The van der Waals surface area contributed by atoms with Gasteiger partial charge in [-0.1, -0.05) is 17.9 Å². The van der Waals surface area contributed by atoms with Crippen LogP contribution in [-0.4, -0.2) is 42.9 Å². The van der Waals surface area contributed by atoms with E-state index in [-0.39, 0.29) is 12.4 Å². The Kier molecular flexibility index (Phi) is 7.24. The van der Waals surface area contributed by atoms with E-state index in [1.165, 1.54) is 6.07 Å². The lowest BCUT2D eigenvalue weighted by Gasteiger charge is -2.26. The van der Waals surface area contributed by atoms with E-state index < -0.39 is 0 Å². The Hall–Kier alpha value is -1.41. The SMILES string of the molecule is COCCN(Cc1ccc(F)c(C#CCO)c1)C(C)C. The van der Waals surface area contributed by atoms with Gasteiger partial charge in [0, 0.05) is 26.2 Å². The molecule has 0 atom stereocenters. The minimum absolute atomic E-state index is 0.268. The van der Waals surface area contributed by atoms with Gasteiger partial charge in [-0.2, -0.15) is 0 Å². The Balaban J connectivity index is 2.84. The predicted molar refractivity (Wildman–Crippen MR) is 77.8 cm³/mol. The maximum absolute atomic E-state index is 13.6. The summed E-state index contributed by atoms with van der Waals surface area (Å²) < 4.78 is 18.7. The summed E-state index contributed by atoms with van der Waals surface area (Å²) >= 11 is 0. The third kappa shape index (κ3) is 5.30. The highest BCUT2D eigenvalue weighted by Crippen LogP contribution is 2.13. The van der Waals surface area contributed by atoms with Crippen LogP contribution < -0.4 is 0 Å². The molecule has 4 heteroatoms. The summed E-state index contributed by atoms with van der Waals surface area (Å²) in [4.78, 5) is 2.25. The maximum Gasteiger partial charge on any atom is 0.138 e. The third-order valence-corrected chi connectivity index (χ3v) is 3.03. The average Bonchev–Trinajstić information content (AvgIpc) is 2.43. The lowest BCUT2D eigenvalue weighted by Crippen LogP contribution is -2.33. The molecular formula is C16H22FNO2. The van der Waals surface area contributed by atoms with Gasteiger partial charge < -0.3 is 9.84 Å². The van der Waals surface area contributed by atoms with E-state index in [0.29, 0.717) is 18.2 Å². The zero-order chi connectivity index (χ0) is 15.0. The molecule has 110 valence electrons. The van der Waals surface area contributed by atoms with Crippen molar-refractivity contribution in [3.05, 3.63) is 35.1 Å². The molecule has 1 N–H and O–H groups in total. The molecule has 20 heavy (non-hydrogen) atoms. The van der Waals surface area contributed by atoms with Crippen LogP contribution in [0.25, 0.3) is 0 Å². The van der Waals surface area contributed by atoms with Crippen LogP contribution in [0.5, 0.6) is 0 Å². The number of ether oxygens (including phenoxy) is 1. The van der Waals surface area contributed by atoms with Crippen molar-refractivity contribution >= 4 is 0 Å². The standard InChI is InChI=1S/C16H22FNO2/c1-13(2)18(8-10-20-3)12-14-6-7-16(17)15(11-14)5-4-9-19/h6-7,11,13,19H,8-10,12H2,1-3H3. The van der Waals surface area contributed by atoms with Crippen molar-refractivity contribution in [1.82, 2.24) is 4.90 Å². The van der Waals surface area contributed by atoms with E-state index in [0.717, 1.165) is 18.7 Å². The van der Waals surface area contributed by atoms with Crippen molar-refractivity contribution in [3.63, 3.8) is 0 Å². The molecule has 0 aromatic heterocycles. The monoisotopic (exact) mass is 279 g/mol. The largest absolute Gasteiger partial charge is 0.384 e. The number of benzene rings is 1. The first-order valence-corrected chi connectivity index (χ1v) is 6.69. The first kappa shape index (κ1) is 16.6. The highest BCUT2D eigenvalue weighted by atomic mass is 19.1. The van der Waals surface area contributed by atoms with Gasteiger partial charge in [0.15, 0.2) is 0 Å². The Labute approximate surface area is 120 Å². The van der Waals surface area contributed by atoms with Crippen LogP contribution in [0.15, 0.2) is 18.2 Å². The van der Waals surface area contributed by atoms with Crippen LogP contribution in [0, 0.1) is 17.7 Å². The first-order chi connectivity index (χ1) is 9.58. The zero-order valence-corrected chi connectivity index (χ0v) is 12.3. The second-order valence-electron chi connectivity index (χ2n) is 4.83. The number of hydrogen-bond donors (Lipinski definition) is 1. The first-order valence-electron chi connectivity index (χ1n) is 6.69. The van der Waals surface area contributed by atoms with Crippen molar-refractivity contribution in [2.24, 2.45) is 0 Å². The van der Waals surface area contributed by atoms with E-state index in [1.807, 2.05) is 0 Å². The quantitative estimate of drug-likeness (QED) is 0.809. The fraction of sp³-hybridized carbons (Fsp3) is 0.500. The molecule has 0 amide bonds. The number of halogens is 1. The lowest BCUT2D eigenvalue weighted by atomic mass is 10.1. The molecule has 0 aliphatic rings. The van der Waals surface area contributed by atoms with Gasteiger partial charge in [-0.3, -0.25) is 4.90 Å². The number of rotatable bonds is 6. The molecule has 0 radical (unpaired) electrons. The predicted octanol–water partition coefficient (Wildman–Crippen LogP) is 2.03. The summed E-state index contributed by atoms with van der Waals surface area (Å²) in [5.74, 6) is 4.75. The van der Waals surface area contributed by atoms with Crippen LogP contribution >= 0.6 is 0 Å². The number of aliphatic hydroxyl groups excluding tert-OH is 1. The van der Waals surface area contributed by atoms with Crippen molar-refractivity contribution < 1.29 is 14.2 Å². The molecule has 0 aliphatic carbocycles. The van der Waals surface area contributed by atoms with Gasteiger partial charge in [0.1, 0.15) is 12.4 Å². The van der Waals surface area contributed by atoms with Crippen molar-refractivity contribution in [2.75, 3.05) is 26.9 Å². The molecule has 0 spiro atoms. The summed E-state index contributed by atoms with van der Waals surface area (Å²) in [5.41, 5.74) is 1.32. The van der Waals surface area contributed by atoms with Gasteiger partial charge in [0.2, 0.25) is 0 Å². The highest BCUT2D eigenvalue weighted by Gasteiger charge is 2.11. The zero-order valence-electron chi connectivity index (χ0n) is 12.3. The van der Waals surface area contributed by atoms with Crippen LogP contribution in [0.2, 0.25) is 0 Å². The van der Waals surface area contributed by atoms with Gasteiger partial charge in [-0.15, -0.1) is 0 Å². The number of methoxy groups -OCH3 is 1. The second kappa shape index (κ2) is 8.70. The summed E-state index contributed by atoms with van der Waals surface area (Å²) in [7, 11) is 1.68. The molecular weight excluding hydrogens is 257 g/mol. The van der Waals surface area contributed by atoms with Gasteiger partial charge in [0.25, 0.3) is 0 Å². The van der Waals surface area contributed by atoms with Crippen LogP contribution in [0.4, 0.5) is 4.39 Å². The second-order valence-corrected chi connectivity index (χ2v) is 4.83. The topological polar surface area (TPSA) is 32.7 Å². The molecule has 0 saturated heterocycles. The van der Waals surface area contributed by atoms with Crippen LogP contribution in [0.3, 0.4) is 0 Å². The molecule has 0 bridgehead atoms. The number of nitrogens with zero attached hydrogens (tertiary/aromatic N) is 1. The van der Waals surface area contributed by atoms with Gasteiger partial charge in [0.05, 0.1) is 12.2 Å². The van der Waals surface area contributed by atoms with E-state index in [9.17, 15) is 4.39 Å². The van der Waals surface area contributed by atoms with E-state index in [2.05, 4.69) is 30.6 Å².